The number of hydrogen-bond acceptors (Lipinski definition) is 4. The number of fused-ring (bicyclic) bond motifs is 2. The average molecular weight is 509 g/mol. The normalized spacial score (nSPS) is 11.2. The van der Waals surface area contributed by atoms with Gasteiger partial charge in [0.15, 0.2) is 11.5 Å². The molecule has 2 aromatic heterocycles. The van der Waals surface area contributed by atoms with Gasteiger partial charge in [-0.2, -0.15) is 0 Å². The number of amides is 1. The molecule has 5 rings (SSSR count). The molecule has 5 aromatic rings. The standard InChI is InChI=1S/C25H15BrClNO4/c1-13-19-8-7-18(28-25(30)22-11-15-10-16(26)4-9-20(15)31-22)12-21(19)32-24(13)23(29)14-2-5-17(27)6-3-14/h2-12H,1H3,(H,28,30). The smallest absolute Gasteiger partial charge is 0.291 e. The Kier molecular flexibility index (Phi) is 5.12. The van der Waals surface area contributed by atoms with E-state index in [1.807, 2.05) is 25.1 Å². The van der Waals surface area contributed by atoms with E-state index in [4.69, 9.17) is 20.4 Å². The van der Waals surface area contributed by atoms with Gasteiger partial charge in [-0.1, -0.05) is 27.5 Å². The van der Waals surface area contributed by atoms with E-state index in [0.717, 1.165) is 20.8 Å². The van der Waals surface area contributed by atoms with E-state index in [2.05, 4.69) is 21.2 Å². The van der Waals surface area contributed by atoms with Gasteiger partial charge in [0, 0.05) is 43.1 Å². The highest BCUT2D eigenvalue weighted by Crippen LogP contribution is 2.30. The second kappa shape index (κ2) is 7.97. The summed E-state index contributed by atoms with van der Waals surface area (Å²) >= 11 is 9.32. The second-order valence-electron chi connectivity index (χ2n) is 7.35. The summed E-state index contributed by atoms with van der Waals surface area (Å²) in [5.41, 5.74) is 2.89. The fourth-order valence-corrected chi connectivity index (χ4v) is 4.08. The Bertz CT molecular complexity index is 1510. The van der Waals surface area contributed by atoms with E-state index in [1.165, 1.54) is 0 Å². The number of carbonyl (C=O) groups excluding carboxylic acids is 2. The Morgan fingerprint density at radius 2 is 1.69 bits per heavy atom. The lowest BCUT2D eigenvalue weighted by Crippen LogP contribution is -2.10. The zero-order valence-corrected chi connectivity index (χ0v) is 19.1. The third kappa shape index (κ3) is 3.72. The fourth-order valence-electron chi connectivity index (χ4n) is 3.57. The van der Waals surface area contributed by atoms with Gasteiger partial charge in [-0.05, 0) is 67.6 Å². The quantitative estimate of drug-likeness (QED) is 0.257. The summed E-state index contributed by atoms with van der Waals surface area (Å²) in [6, 6.07) is 19.1. The Morgan fingerprint density at radius 3 is 2.47 bits per heavy atom. The number of rotatable bonds is 4. The second-order valence-corrected chi connectivity index (χ2v) is 8.70. The Balaban J connectivity index is 1.43. The lowest BCUT2D eigenvalue weighted by Gasteiger charge is -2.02. The SMILES string of the molecule is Cc1c(C(=O)c2ccc(Cl)cc2)oc2cc(NC(=O)c3cc4cc(Br)ccc4o3)ccc12. The number of carbonyl (C=O) groups is 2. The summed E-state index contributed by atoms with van der Waals surface area (Å²) in [6.07, 6.45) is 0. The molecule has 0 spiro atoms. The maximum absolute atomic E-state index is 12.9. The van der Waals surface area contributed by atoms with Crippen molar-refractivity contribution in [3.05, 3.63) is 98.9 Å². The van der Waals surface area contributed by atoms with Crippen LogP contribution in [0.4, 0.5) is 5.69 Å². The van der Waals surface area contributed by atoms with Crippen LogP contribution in [0.15, 0.2) is 80.0 Å². The third-order valence-electron chi connectivity index (χ3n) is 5.21. The van der Waals surface area contributed by atoms with Gasteiger partial charge in [0.2, 0.25) is 5.78 Å². The maximum atomic E-state index is 12.9. The van der Waals surface area contributed by atoms with Crippen molar-refractivity contribution in [1.29, 1.82) is 0 Å². The molecule has 0 aliphatic rings. The van der Waals surface area contributed by atoms with E-state index < -0.39 is 0 Å². The molecule has 32 heavy (non-hydrogen) atoms. The summed E-state index contributed by atoms with van der Waals surface area (Å²) in [6.45, 7) is 1.83. The molecule has 0 fully saturated rings. The molecule has 7 heteroatoms. The minimum Gasteiger partial charge on any atom is -0.452 e. The minimum atomic E-state index is -0.377. The van der Waals surface area contributed by atoms with Crippen molar-refractivity contribution in [2.24, 2.45) is 0 Å². The summed E-state index contributed by atoms with van der Waals surface area (Å²) in [4.78, 5) is 25.6. The van der Waals surface area contributed by atoms with Gasteiger partial charge in [0.05, 0.1) is 0 Å². The zero-order valence-electron chi connectivity index (χ0n) is 16.7. The van der Waals surface area contributed by atoms with Crippen LogP contribution in [0.2, 0.25) is 5.02 Å². The van der Waals surface area contributed by atoms with Gasteiger partial charge in [0.1, 0.15) is 11.2 Å². The van der Waals surface area contributed by atoms with Crippen molar-refractivity contribution in [1.82, 2.24) is 0 Å². The van der Waals surface area contributed by atoms with Crippen LogP contribution < -0.4 is 5.32 Å². The van der Waals surface area contributed by atoms with Crippen LogP contribution >= 0.6 is 27.5 Å². The van der Waals surface area contributed by atoms with Crippen LogP contribution in [-0.2, 0) is 0 Å². The van der Waals surface area contributed by atoms with Gasteiger partial charge in [-0.25, -0.2) is 0 Å². The molecule has 0 aliphatic carbocycles. The van der Waals surface area contributed by atoms with Crippen LogP contribution in [-0.4, -0.2) is 11.7 Å². The molecular formula is C25H15BrClNO4. The lowest BCUT2D eigenvalue weighted by molar-refractivity contribution is 0.0995. The first-order chi connectivity index (χ1) is 15.4. The van der Waals surface area contributed by atoms with Crippen molar-refractivity contribution in [2.75, 3.05) is 5.32 Å². The first kappa shape index (κ1) is 20.5. The van der Waals surface area contributed by atoms with Gasteiger partial charge in [0.25, 0.3) is 5.91 Å². The summed E-state index contributed by atoms with van der Waals surface area (Å²) in [5.74, 6) is -0.145. The number of furan rings is 2. The molecule has 0 saturated carbocycles. The van der Waals surface area contributed by atoms with Gasteiger partial charge in [-0.15, -0.1) is 0 Å². The van der Waals surface area contributed by atoms with Gasteiger partial charge >= 0.3 is 0 Å². The van der Waals surface area contributed by atoms with Crippen LogP contribution in [0, 0.1) is 6.92 Å². The van der Waals surface area contributed by atoms with Crippen LogP contribution in [0.3, 0.4) is 0 Å². The number of ketones is 1. The highest BCUT2D eigenvalue weighted by Gasteiger charge is 2.20. The number of hydrogen-bond donors (Lipinski definition) is 1. The number of benzene rings is 3. The first-order valence-corrected chi connectivity index (χ1v) is 10.9. The number of halogens is 2. The van der Waals surface area contributed by atoms with Crippen molar-refractivity contribution in [3.63, 3.8) is 0 Å². The molecule has 0 unspecified atom stereocenters. The van der Waals surface area contributed by atoms with Gasteiger partial charge in [-0.3, -0.25) is 9.59 Å². The predicted octanol–water partition coefficient (Wildman–Crippen LogP) is 7.39. The highest BCUT2D eigenvalue weighted by atomic mass is 79.9. The molecule has 158 valence electrons. The van der Waals surface area contributed by atoms with Crippen LogP contribution in [0.25, 0.3) is 21.9 Å². The van der Waals surface area contributed by atoms with E-state index in [1.54, 1.807) is 48.5 Å². The molecule has 0 radical (unpaired) electrons. The van der Waals surface area contributed by atoms with E-state index in [0.29, 0.717) is 27.4 Å². The highest BCUT2D eigenvalue weighted by molar-refractivity contribution is 9.10. The molecule has 0 atom stereocenters. The molecule has 3 aromatic carbocycles. The van der Waals surface area contributed by atoms with Gasteiger partial charge < -0.3 is 14.2 Å². The maximum Gasteiger partial charge on any atom is 0.291 e. The van der Waals surface area contributed by atoms with Crippen molar-refractivity contribution in [3.8, 4) is 0 Å². The van der Waals surface area contributed by atoms with Crippen molar-refractivity contribution < 1.29 is 18.4 Å². The Morgan fingerprint density at radius 1 is 0.906 bits per heavy atom. The number of anilines is 1. The molecule has 0 aliphatic heterocycles. The van der Waals surface area contributed by atoms with Crippen molar-refractivity contribution in [2.45, 2.75) is 6.92 Å². The van der Waals surface area contributed by atoms with E-state index in [9.17, 15) is 9.59 Å². The zero-order chi connectivity index (χ0) is 22.4. The van der Waals surface area contributed by atoms with Crippen LogP contribution in [0.5, 0.6) is 0 Å². The predicted molar refractivity (Wildman–Crippen MR) is 128 cm³/mol. The van der Waals surface area contributed by atoms with Crippen molar-refractivity contribution >= 4 is 66.8 Å². The molecule has 0 saturated heterocycles. The largest absolute Gasteiger partial charge is 0.452 e. The number of aryl methyl sites for hydroxylation is 1. The third-order valence-corrected chi connectivity index (χ3v) is 5.96. The minimum absolute atomic E-state index is 0.201. The summed E-state index contributed by atoms with van der Waals surface area (Å²) < 4.78 is 12.4. The molecule has 5 nitrogen and oxygen atoms in total. The molecule has 2 heterocycles. The Labute approximate surface area is 196 Å². The lowest BCUT2D eigenvalue weighted by atomic mass is 10.0. The molecular weight excluding hydrogens is 494 g/mol. The molecule has 0 bridgehead atoms. The fraction of sp³-hybridized carbons (Fsp3) is 0.0400. The molecule has 1 N–H and O–H groups in total. The average Bonchev–Trinajstić information content (AvgIpc) is 3.34. The first-order valence-electron chi connectivity index (χ1n) is 9.73. The van der Waals surface area contributed by atoms with E-state index >= 15 is 0 Å². The summed E-state index contributed by atoms with van der Waals surface area (Å²) in [5, 5.41) is 5.00. The van der Waals surface area contributed by atoms with E-state index in [-0.39, 0.29) is 23.2 Å². The Hall–Kier alpha value is -3.35. The topological polar surface area (TPSA) is 72.5 Å². The number of nitrogens with one attached hydrogen (secondary N) is 1. The summed E-state index contributed by atoms with van der Waals surface area (Å²) in [7, 11) is 0. The van der Waals surface area contributed by atoms with Crippen LogP contribution in [0.1, 0.15) is 32.2 Å². The molecule has 1 amide bonds. The monoisotopic (exact) mass is 507 g/mol.